The maximum atomic E-state index is 12.7. The minimum atomic E-state index is 0.310. The van der Waals surface area contributed by atoms with Crippen molar-refractivity contribution >= 4 is 5.91 Å². The fraction of sp³-hybridized carbons (Fsp3) is 0.650. The molecule has 0 spiro atoms. The summed E-state index contributed by atoms with van der Waals surface area (Å²) in [5, 5.41) is 0. The van der Waals surface area contributed by atoms with Crippen molar-refractivity contribution in [2.75, 3.05) is 13.1 Å². The maximum absolute atomic E-state index is 12.7. The number of hydrogen-bond donors (Lipinski definition) is 0. The molecule has 2 aliphatic rings. The second-order valence-corrected chi connectivity index (χ2v) is 7.02. The third-order valence-electron chi connectivity index (χ3n) is 5.52. The van der Waals surface area contributed by atoms with Crippen molar-refractivity contribution in [2.24, 2.45) is 0 Å². The summed E-state index contributed by atoms with van der Waals surface area (Å²) >= 11 is 0. The lowest BCUT2D eigenvalue weighted by Crippen LogP contribution is -2.54. The molecule has 1 saturated carbocycles. The van der Waals surface area contributed by atoms with E-state index in [0.717, 1.165) is 6.54 Å². The average Bonchev–Trinajstić information content (AvgIpc) is 3.14. The fourth-order valence-corrected chi connectivity index (χ4v) is 4.33. The van der Waals surface area contributed by atoms with Gasteiger partial charge in [-0.15, -0.1) is 0 Å². The van der Waals surface area contributed by atoms with E-state index >= 15 is 0 Å². The number of rotatable bonds is 5. The summed E-state index contributed by atoms with van der Waals surface area (Å²) in [6.07, 6.45) is 8.25. The van der Waals surface area contributed by atoms with Crippen LogP contribution >= 0.6 is 0 Å². The summed E-state index contributed by atoms with van der Waals surface area (Å²) in [6.45, 7) is 5.21. The molecule has 126 valence electrons. The van der Waals surface area contributed by atoms with Crippen LogP contribution in [-0.4, -0.2) is 40.9 Å². The largest absolute Gasteiger partial charge is 0.334 e. The van der Waals surface area contributed by atoms with Crippen molar-refractivity contribution in [1.82, 2.24) is 9.80 Å². The van der Waals surface area contributed by atoms with Gasteiger partial charge >= 0.3 is 0 Å². The first-order valence-corrected chi connectivity index (χ1v) is 9.37. The van der Waals surface area contributed by atoms with Crippen molar-refractivity contribution in [3.63, 3.8) is 0 Å². The Hall–Kier alpha value is -1.35. The Bertz CT molecular complexity index is 496. The fourth-order valence-electron chi connectivity index (χ4n) is 4.33. The van der Waals surface area contributed by atoms with Gasteiger partial charge in [0, 0.05) is 25.0 Å². The molecule has 0 aromatic heterocycles. The topological polar surface area (TPSA) is 23.6 Å². The molecule has 0 N–H and O–H groups in total. The van der Waals surface area contributed by atoms with Crippen molar-refractivity contribution in [1.29, 1.82) is 0 Å². The van der Waals surface area contributed by atoms with Gasteiger partial charge in [0.25, 0.3) is 0 Å². The Labute approximate surface area is 140 Å². The first-order valence-electron chi connectivity index (χ1n) is 9.37. The van der Waals surface area contributed by atoms with Crippen LogP contribution in [0.1, 0.15) is 57.4 Å². The van der Waals surface area contributed by atoms with E-state index in [-0.39, 0.29) is 0 Å². The van der Waals surface area contributed by atoms with Crippen molar-refractivity contribution in [3.8, 4) is 0 Å². The Morgan fingerprint density at radius 2 is 1.78 bits per heavy atom. The standard InChI is InChI=1S/C20H30N2O/c1-2-20(23)22(16-17-10-4-3-5-11-17)19-13-7-6-12-18(19)21-14-8-9-15-21/h3-5,10-11,18-19H,2,6-9,12-16H2,1H3/t18-,19-/m0/s1. The highest BCUT2D eigenvalue weighted by Gasteiger charge is 2.36. The van der Waals surface area contributed by atoms with E-state index in [9.17, 15) is 4.79 Å². The van der Waals surface area contributed by atoms with Gasteiger partial charge in [0.05, 0.1) is 0 Å². The molecule has 1 heterocycles. The highest BCUT2D eigenvalue weighted by Crippen LogP contribution is 2.30. The van der Waals surface area contributed by atoms with E-state index in [1.165, 1.54) is 57.2 Å². The molecule has 0 unspecified atom stereocenters. The minimum Gasteiger partial charge on any atom is -0.334 e. The van der Waals surface area contributed by atoms with Crippen LogP contribution < -0.4 is 0 Å². The number of amides is 1. The van der Waals surface area contributed by atoms with Crippen LogP contribution in [0, 0.1) is 0 Å². The van der Waals surface area contributed by atoms with Crippen LogP contribution in [0.5, 0.6) is 0 Å². The van der Waals surface area contributed by atoms with Gasteiger partial charge in [-0.1, -0.05) is 50.1 Å². The highest BCUT2D eigenvalue weighted by atomic mass is 16.2. The SMILES string of the molecule is CCC(=O)N(Cc1ccccc1)[C@H]1CCCC[C@@H]1N1CCCC1. The maximum Gasteiger partial charge on any atom is 0.222 e. The zero-order valence-corrected chi connectivity index (χ0v) is 14.4. The van der Waals surface area contributed by atoms with E-state index in [1.54, 1.807) is 0 Å². The molecule has 3 rings (SSSR count). The molecule has 1 aliphatic heterocycles. The van der Waals surface area contributed by atoms with Gasteiger partial charge in [-0.25, -0.2) is 0 Å². The second-order valence-electron chi connectivity index (χ2n) is 7.02. The van der Waals surface area contributed by atoms with Gasteiger partial charge in [0.2, 0.25) is 5.91 Å². The second kappa shape index (κ2) is 7.96. The van der Waals surface area contributed by atoms with E-state index < -0.39 is 0 Å². The number of nitrogens with zero attached hydrogens (tertiary/aromatic N) is 2. The molecular weight excluding hydrogens is 284 g/mol. The van der Waals surface area contributed by atoms with E-state index in [2.05, 4.69) is 34.1 Å². The number of carbonyl (C=O) groups excluding carboxylic acids is 1. The minimum absolute atomic E-state index is 0.310. The quantitative estimate of drug-likeness (QED) is 0.824. The summed E-state index contributed by atoms with van der Waals surface area (Å²) in [6, 6.07) is 11.4. The Balaban J connectivity index is 1.79. The van der Waals surface area contributed by atoms with Crippen molar-refractivity contribution in [3.05, 3.63) is 35.9 Å². The Kier molecular flexibility index (Phi) is 5.71. The van der Waals surface area contributed by atoms with Crippen molar-refractivity contribution in [2.45, 2.75) is 70.5 Å². The highest BCUT2D eigenvalue weighted by molar-refractivity contribution is 5.76. The number of benzene rings is 1. The molecule has 0 bridgehead atoms. The molecule has 1 saturated heterocycles. The first kappa shape index (κ1) is 16.5. The summed E-state index contributed by atoms with van der Waals surface area (Å²) in [4.78, 5) is 17.5. The number of hydrogen-bond acceptors (Lipinski definition) is 2. The predicted molar refractivity (Wildman–Crippen MR) is 94.1 cm³/mol. The van der Waals surface area contributed by atoms with Crippen molar-refractivity contribution < 1.29 is 4.79 Å². The third-order valence-corrected chi connectivity index (χ3v) is 5.52. The zero-order valence-electron chi connectivity index (χ0n) is 14.4. The Morgan fingerprint density at radius 1 is 1.09 bits per heavy atom. The molecule has 1 aliphatic carbocycles. The molecule has 2 atom stereocenters. The zero-order chi connectivity index (χ0) is 16.1. The van der Waals surface area contributed by atoms with Crippen LogP contribution in [0.3, 0.4) is 0 Å². The molecular formula is C20H30N2O. The molecule has 1 amide bonds. The van der Waals surface area contributed by atoms with Crippen LogP contribution in [-0.2, 0) is 11.3 Å². The summed E-state index contributed by atoms with van der Waals surface area (Å²) in [5.74, 6) is 0.310. The first-order chi connectivity index (χ1) is 11.3. The van der Waals surface area contributed by atoms with Crippen LogP contribution in [0.15, 0.2) is 30.3 Å². The van der Waals surface area contributed by atoms with Gasteiger partial charge in [0.1, 0.15) is 0 Å². The molecule has 3 nitrogen and oxygen atoms in total. The third kappa shape index (κ3) is 3.95. The van der Waals surface area contributed by atoms with Crippen LogP contribution in [0.2, 0.25) is 0 Å². The van der Waals surface area contributed by atoms with E-state index in [1.807, 2.05) is 13.0 Å². The Morgan fingerprint density at radius 3 is 2.48 bits per heavy atom. The van der Waals surface area contributed by atoms with E-state index in [0.29, 0.717) is 24.4 Å². The van der Waals surface area contributed by atoms with Crippen LogP contribution in [0.25, 0.3) is 0 Å². The molecule has 1 aromatic carbocycles. The monoisotopic (exact) mass is 314 g/mol. The predicted octanol–water partition coefficient (Wildman–Crippen LogP) is 3.83. The smallest absolute Gasteiger partial charge is 0.222 e. The summed E-state index contributed by atoms with van der Waals surface area (Å²) in [7, 11) is 0. The molecule has 0 radical (unpaired) electrons. The van der Waals surface area contributed by atoms with Gasteiger partial charge in [0.15, 0.2) is 0 Å². The van der Waals surface area contributed by atoms with Gasteiger partial charge in [-0.05, 0) is 44.3 Å². The molecule has 23 heavy (non-hydrogen) atoms. The number of carbonyl (C=O) groups is 1. The molecule has 3 heteroatoms. The summed E-state index contributed by atoms with van der Waals surface area (Å²) < 4.78 is 0. The van der Waals surface area contributed by atoms with Crippen LogP contribution in [0.4, 0.5) is 0 Å². The molecule has 1 aromatic rings. The van der Waals surface area contributed by atoms with Gasteiger partial charge in [-0.2, -0.15) is 0 Å². The van der Waals surface area contributed by atoms with E-state index in [4.69, 9.17) is 0 Å². The normalized spacial score (nSPS) is 25.4. The lowest BCUT2D eigenvalue weighted by molar-refractivity contribution is -0.136. The lowest BCUT2D eigenvalue weighted by Gasteiger charge is -2.44. The van der Waals surface area contributed by atoms with Gasteiger partial charge < -0.3 is 4.90 Å². The number of likely N-dealkylation sites (tertiary alicyclic amines) is 1. The molecule has 2 fully saturated rings. The van der Waals surface area contributed by atoms with Gasteiger partial charge in [-0.3, -0.25) is 9.69 Å². The lowest BCUT2D eigenvalue weighted by atomic mass is 9.87. The average molecular weight is 314 g/mol. The summed E-state index contributed by atoms with van der Waals surface area (Å²) in [5.41, 5.74) is 1.25.